The molecule has 1 heterocycles. The van der Waals surface area contributed by atoms with Crippen LogP contribution in [0.3, 0.4) is 0 Å². The number of nitrogens with one attached hydrogen (secondary N) is 1. The summed E-state index contributed by atoms with van der Waals surface area (Å²) in [6.45, 7) is 3.16. The van der Waals surface area contributed by atoms with Crippen molar-refractivity contribution < 1.29 is 57.0 Å². The molecule has 0 saturated carbocycles. The maximum Gasteiger partial charge on any atom is 0.397 e. The van der Waals surface area contributed by atoms with Crippen molar-refractivity contribution in [1.82, 2.24) is 5.32 Å². The Balaban J connectivity index is 2.70. The first-order chi connectivity index (χ1) is 23.9. The number of rotatable bonds is 31. The highest BCUT2D eigenvalue weighted by Gasteiger charge is 2.48. The molecule has 13 nitrogen and oxygen atoms in total. The maximum absolute atomic E-state index is 13.0. The first-order valence-corrected chi connectivity index (χ1v) is 20.5. The number of aliphatic hydroxyl groups is 5. The van der Waals surface area contributed by atoms with Crippen molar-refractivity contribution in [2.45, 2.75) is 198 Å². The molecule has 0 aromatic carbocycles. The minimum Gasteiger partial charge on any atom is -0.394 e. The molecule has 7 N–H and O–H groups in total. The Morgan fingerprint density at radius 1 is 0.780 bits per heavy atom. The van der Waals surface area contributed by atoms with Crippen LogP contribution in [-0.4, -0.2) is 107 Å². The second kappa shape index (κ2) is 28.3. The molecule has 0 aliphatic carbocycles. The van der Waals surface area contributed by atoms with Gasteiger partial charge in [0, 0.05) is 0 Å². The van der Waals surface area contributed by atoms with E-state index in [0.29, 0.717) is 19.3 Å². The van der Waals surface area contributed by atoms with Crippen LogP contribution in [0.2, 0.25) is 0 Å². The quantitative estimate of drug-likeness (QED) is 0.0295. The Bertz CT molecular complexity index is 984. The summed E-state index contributed by atoms with van der Waals surface area (Å²) in [6, 6.07) is -1.03. The molecular formula is C36H69NO12S. The number of carbonyl (C=O) groups is 1. The van der Waals surface area contributed by atoms with Gasteiger partial charge in [-0.15, -0.1) is 0 Å². The number of ether oxygens (including phenoxy) is 2. The third-order valence-corrected chi connectivity index (χ3v) is 9.65. The molecule has 8 atom stereocenters. The summed E-state index contributed by atoms with van der Waals surface area (Å²) in [5.74, 6) is -0.684. The summed E-state index contributed by atoms with van der Waals surface area (Å²) in [5.41, 5.74) is 0. The van der Waals surface area contributed by atoms with Gasteiger partial charge in [0.05, 0.1) is 25.4 Å². The van der Waals surface area contributed by atoms with E-state index in [1.165, 1.54) is 57.8 Å². The molecule has 1 fully saturated rings. The molecule has 296 valence electrons. The molecule has 0 aromatic rings. The largest absolute Gasteiger partial charge is 0.397 e. The van der Waals surface area contributed by atoms with Crippen LogP contribution in [0.15, 0.2) is 12.2 Å². The number of carbonyl (C=O) groups excluding carboxylic acids is 1. The van der Waals surface area contributed by atoms with Crippen molar-refractivity contribution in [3.05, 3.63) is 12.2 Å². The Morgan fingerprint density at radius 2 is 1.30 bits per heavy atom. The second-order valence-corrected chi connectivity index (χ2v) is 14.7. The van der Waals surface area contributed by atoms with Gasteiger partial charge in [-0.25, -0.2) is 4.18 Å². The van der Waals surface area contributed by atoms with Crippen molar-refractivity contribution >= 4 is 16.3 Å². The first kappa shape index (κ1) is 46.8. The lowest BCUT2D eigenvalue weighted by Crippen LogP contribution is -2.61. The number of aliphatic hydroxyl groups excluding tert-OH is 5. The molecule has 1 rings (SSSR count). The minimum atomic E-state index is -5.10. The van der Waals surface area contributed by atoms with Crippen molar-refractivity contribution in [3.63, 3.8) is 0 Å². The van der Waals surface area contributed by atoms with Crippen LogP contribution in [0.25, 0.3) is 0 Å². The molecular weight excluding hydrogens is 670 g/mol. The molecule has 0 spiro atoms. The van der Waals surface area contributed by atoms with Gasteiger partial charge in [-0.1, -0.05) is 129 Å². The van der Waals surface area contributed by atoms with E-state index in [1.807, 2.05) is 0 Å². The SMILES string of the molecule is CCCC/C=C\CCCCCCC(O)C(=O)NC(COC1OC(CO)C(O)C(OS(=O)(=O)O)C1O)C(O)CCCCCCCCCCCCC. The average Bonchev–Trinajstić information content (AvgIpc) is 3.08. The van der Waals surface area contributed by atoms with E-state index in [0.717, 1.165) is 51.4 Å². The fourth-order valence-corrected chi connectivity index (χ4v) is 6.54. The van der Waals surface area contributed by atoms with E-state index in [2.05, 4.69) is 35.5 Å². The van der Waals surface area contributed by atoms with Crippen LogP contribution in [-0.2, 0) is 28.9 Å². The fourth-order valence-electron chi connectivity index (χ4n) is 6.03. The standard InChI is InChI=1S/C36H69NO12S/c1-3-5-7-9-11-13-15-17-18-20-22-24-29(39)28(37-35(43)30(40)25-23-21-19-16-14-12-10-8-6-4-2)27-47-36-33(42)34(49-50(44,45)46)32(41)31(26-38)48-36/h10,12,28-34,36,38-42H,3-9,11,13-27H2,1-2H3,(H,37,43)(H,44,45,46)/b12-10-. The summed E-state index contributed by atoms with van der Waals surface area (Å²) in [4.78, 5) is 13.0. The Labute approximate surface area is 301 Å². The van der Waals surface area contributed by atoms with Gasteiger partial charge in [0.1, 0.15) is 30.5 Å². The lowest BCUT2D eigenvalue weighted by molar-refractivity contribution is -0.298. The maximum atomic E-state index is 13.0. The smallest absolute Gasteiger partial charge is 0.394 e. The van der Waals surface area contributed by atoms with Crippen molar-refractivity contribution in [2.75, 3.05) is 13.2 Å². The topological polar surface area (TPSA) is 212 Å². The Morgan fingerprint density at radius 3 is 1.86 bits per heavy atom. The lowest BCUT2D eigenvalue weighted by Gasteiger charge is -2.41. The first-order valence-electron chi connectivity index (χ1n) is 19.2. The van der Waals surface area contributed by atoms with E-state index < -0.39 is 78.5 Å². The molecule has 0 bridgehead atoms. The van der Waals surface area contributed by atoms with Gasteiger partial charge < -0.3 is 40.3 Å². The van der Waals surface area contributed by atoms with Gasteiger partial charge in [0.2, 0.25) is 5.91 Å². The number of unbranched alkanes of at least 4 members (excludes halogenated alkanes) is 16. The molecule has 50 heavy (non-hydrogen) atoms. The van der Waals surface area contributed by atoms with Crippen LogP contribution >= 0.6 is 0 Å². The van der Waals surface area contributed by atoms with Crippen LogP contribution in [0.5, 0.6) is 0 Å². The van der Waals surface area contributed by atoms with E-state index >= 15 is 0 Å². The minimum absolute atomic E-state index is 0.246. The number of hydrogen-bond donors (Lipinski definition) is 7. The van der Waals surface area contributed by atoms with Gasteiger partial charge in [0.25, 0.3) is 0 Å². The third-order valence-electron chi connectivity index (χ3n) is 9.18. The zero-order valence-electron chi connectivity index (χ0n) is 30.6. The van der Waals surface area contributed by atoms with Crippen LogP contribution in [0.4, 0.5) is 0 Å². The monoisotopic (exact) mass is 739 g/mol. The molecule has 0 radical (unpaired) electrons. The summed E-state index contributed by atoms with van der Waals surface area (Å²) < 4.78 is 47.2. The van der Waals surface area contributed by atoms with Gasteiger partial charge in [-0.2, -0.15) is 8.42 Å². The highest BCUT2D eigenvalue weighted by atomic mass is 32.3. The lowest BCUT2D eigenvalue weighted by atomic mass is 9.99. The van der Waals surface area contributed by atoms with E-state index in [4.69, 9.17) is 14.0 Å². The predicted octanol–water partition coefficient (Wildman–Crippen LogP) is 4.62. The van der Waals surface area contributed by atoms with E-state index in [9.17, 15) is 38.7 Å². The van der Waals surface area contributed by atoms with Crippen molar-refractivity contribution in [2.24, 2.45) is 0 Å². The molecule has 0 aromatic heterocycles. The van der Waals surface area contributed by atoms with Crippen LogP contribution in [0.1, 0.15) is 149 Å². The summed E-state index contributed by atoms with van der Waals surface area (Å²) in [7, 11) is -5.10. The van der Waals surface area contributed by atoms with Crippen molar-refractivity contribution in [3.8, 4) is 0 Å². The van der Waals surface area contributed by atoms with Crippen molar-refractivity contribution in [1.29, 1.82) is 0 Å². The van der Waals surface area contributed by atoms with Gasteiger partial charge in [0.15, 0.2) is 6.29 Å². The number of allylic oxidation sites excluding steroid dienone is 2. The molecule has 1 aliphatic heterocycles. The highest BCUT2D eigenvalue weighted by Crippen LogP contribution is 2.26. The predicted molar refractivity (Wildman–Crippen MR) is 192 cm³/mol. The summed E-state index contributed by atoms with van der Waals surface area (Å²) in [5, 5.41) is 54.9. The highest BCUT2D eigenvalue weighted by molar-refractivity contribution is 7.80. The zero-order chi connectivity index (χ0) is 37.2. The van der Waals surface area contributed by atoms with E-state index in [-0.39, 0.29) is 6.42 Å². The fraction of sp³-hybridized carbons (Fsp3) is 0.917. The summed E-state index contributed by atoms with van der Waals surface area (Å²) in [6.07, 6.45) is 14.3. The average molecular weight is 740 g/mol. The molecule has 1 saturated heterocycles. The van der Waals surface area contributed by atoms with Crippen LogP contribution in [0, 0.1) is 0 Å². The van der Waals surface area contributed by atoms with Gasteiger partial charge in [-0.05, 0) is 32.1 Å². The van der Waals surface area contributed by atoms with Gasteiger partial charge in [-0.3, -0.25) is 9.35 Å². The second-order valence-electron chi connectivity index (χ2n) is 13.7. The molecule has 1 aliphatic rings. The van der Waals surface area contributed by atoms with Crippen LogP contribution < -0.4 is 5.32 Å². The number of amides is 1. The normalized spacial score (nSPS) is 23.2. The molecule has 1 amide bonds. The Hall–Kier alpha value is -1.20. The third kappa shape index (κ3) is 21.4. The summed E-state index contributed by atoms with van der Waals surface area (Å²) >= 11 is 0. The molecule has 14 heteroatoms. The zero-order valence-corrected chi connectivity index (χ0v) is 31.4. The Kier molecular flexibility index (Phi) is 26.5. The molecule has 8 unspecified atom stereocenters. The van der Waals surface area contributed by atoms with Gasteiger partial charge >= 0.3 is 10.4 Å². The van der Waals surface area contributed by atoms with E-state index in [1.54, 1.807) is 0 Å². The number of hydrogen-bond acceptors (Lipinski definition) is 11.